The number of carboxylic acid groups (broad SMARTS) is 1. The maximum atomic E-state index is 11.3. The number of hydrogen-bond donors (Lipinski definition) is 1. The number of pyridine rings is 1. The normalized spacial score (nSPS) is 16.9. The van der Waals surface area contributed by atoms with Gasteiger partial charge in [0.1, 0.15) is 5.82 Å². The average molecular weight is 323 g/mol. The number of hydrogen-bond acceptors (Lipinski definition) is 2. The van der Waals surface area contributed by atoms with Crippen molar-refractivity contribution in [2.24, 2.45) is 0 Å². The molecule has 1 saturated carbocycles. The van der Waals surface area contributed by atoms with Crippen molar-refractivity contribution in [3.63, 3.8) is 0 Å². The van der Waals surface area contributed by atoms with Crippen molar-refractivity contribution in [2.45, 2.75) is 38.0 Å². The lowest BCUT2D eigenvalue weighted by molar-refractivity contribution is 0.0693. The molecule has 5 heteroatoms. The second kappa shape index (κ2) is 4.96. The fourth-order valence-electron chi connectivity index (χ4n) is 2.91. The lowest BCUT2D eigenvalue weighted by atomic mass is 9.89. The maximum Gasteiger partial charge on any atom is 0.356 e. The first kappa shape index (κ1) is 12.7. The summed E-state index contributed by atoms with van der Waals surface area (Å²) in [6.07, 6.45) is 5.87. The quantitative estimate of drug-likeness (QED) is 0.854. The largest absolute Gasteiger partial charge is 0.476 e. The van der Waals surface area contributed by atoms with Gasteiger partial charge in [0.15, 0.2) is 5.69 Å². The highest BCUT2D eigenvalue weighted by Gasteiger charge is 2.25. The molecule has 0 saturated heterocycles. The summed E-state index contributed by atoms with van der Waals surface area (Å²) in [5.74, 6) is 0.297. The van der Waals surface area contributed by atoms with Crippen LogP contribution in [0.4, 0.5) is 0 Å². The van der Waals surface area contributed by atoms with Crippen LogP contribution < -0.4 is 0 Å². The Balaban J connectivity index is 2.20. The van der Waals surface area contributed by atoms with Crippen molar-refractivity contribution in [1.29, 1.82) is 0 Å². The molecule has 0 aromatic carbocycles. The Bertz CT molecular complexity index is 630. The van der Waals surface area contributed by atoms with Gasteiger partial charge in [-0.15, -0.1) is 0 Å². The SMILES string of the molecule is O=C(O)c1nc(C2CCCCC2)n2c(Br)cccc12. The van der Waals surface area contributed by atoms with Gasteiger partial charge in [0.25, 0.3) is 0 Å². The molecular formula is C14H15BrN2O2. The fourth-order valence-corrected chi connectivity index (χ4v) is 3.44. The minimum atomic E-state index is -0.961. The lowest BCUT2D eigenvalue weighted by Gasteiger charge is -2.20. The fraction of sp³-hybridized carbons (Fsp3) is 0.429. The summed E-state index contributed by atoms with van der Waals surface area (Å²) in [4.78, 5) is 15.7. The third kappa shape index (κ3) is 2.16. The van der Waals surface area contributed by atoms with Crippen LogP contribution in [0.3, 0.4) is 0 Å². The first-order chi connectivity index (χ1) is 9.18. The van der Waals surface area contributed by atoms with Crippen molar-refractivity contribution in [2.75, 3.05) is 0 Å². The maximum absolute atomic E-state index is 11.3. The van der Waals surface area contributed by atoms with Crippen molar-refractivity contribution in [1.82, 2.24) is 9.38 Å². The Kier molecular flexibility index (Phi) is 3.31. The third-order valence-corrected chi connectivity index (χ3v) is 4.43. The van der Waals surface area contributed by atoms with Gasteiger partial charge in [-0.05, 0) is 40.9 Å². The predicted octanol–water partition coefficient (Wildman–Crippen LogP) is 3.84. The van der Waals surface area contributed by atoms with Crippen LogP contribution in [0, 0.1) is 0 Å². The van der Waals surface area contributed by atoms with E-state index < -0.39 is 5.97 Å². The Labute approximate surface area is 119 Å². The van der Waals surface area contributed by atoms with E-state index in [0.29, 0.717) is 11.4 Å². The van der Waals surface area contributed by atoms with E-state index in [-0.39, 0.29) is 5.69 Å². The number of rotatable bonds is 2. The summed E-state index contributed by atoms with van der Waals surface area (Å²) < 4.78 is 2.81. The lowest BCUT2D eigenvalue weighted by Crippen LogP contribution is -2.09. The molecule has 1 aliphatic carbocycles. The van der Waals surface area contributed by atoms with E-state index in [0.717, 1.165) is 23.3 Å². The van der Waals surface area contributed by atoms with Gasteiger partial charge in [-0.1, -0.05) is 25.3 Å². The van der Waals surface area contributed by atoms with Crippen LogP contribution in [-0.2, 0) is 0 Å². The van der Waals surface area contributed by atoms with E-state index >= 15 is 0 Å². The molecule has 1 fully saturated rings. The summed E-state index contributed by atoms with van der Waals surface area (Å²) in [5.41, 5.74) is 0.823. The van der Waals surface area contributed by atoms with Crippen molar-refractivity contribution in [3.05, 3.63) is 34.3 Å². The van der Waals surface area contributed by atoms with Crippen LogP contribution in [0.5, 0.6) is 0 Å². The van der Waals surface area contributed by atoms with E-state index in [1.807, 2.05) is 22.6 Å². The molecule has 2 aromatic heterocycles. The molecule has 1 aliphatic rings. The smallest absolute Gasteiger partial charge is 0.356 e. The van der Waals surface area contributed by atoms with Crippen molar-refractivity contribution >= 4 is 27.4 Å². The van der Waals surface area contributed by atoms with E-state index in [4.69, 9.17) is 0 Å². The zero-order valence-electron chi connectivity index (χ0n) is 10.5. The van der Waals surface area contributed by atoms with Crippen LogP contribution in [0.25, 0.3) is 5.52 Å². The average Bonchev–Trinajstić information content (AvgIpc) is 2.81. The number of aromatic nitrogens is 2. The standard InChI is InChI=1S/C14H15BrN2O2/c15-11-8-4-7-10-12(14(18)19)16-13(17(10)11)9-5-2-1-3-6-9/h4,7-9H,1-3,5-6H2,(H,18,19). The van der Waals surface area contributed by atoms with Gasteiger partial charge in [0.2, 0.25) is 0 Å². The highest BCUT2D eigenvalue weighted by molar-refractivity contribution is 9.10. The van der Waals surface area contributed by atoms with Gasteiger partial charge < -0.3 is 5.11 Å². The van der Waals surface area contributed by atoms with Gasteiger partial charge in [-0.25, -0.2) is 9.78 Å². The van der Waals surface area contributed by atoms with Gasteiger partial charge in [0.05, 0.1) is 10.1 Å². The number of halogens is 1. The molecule has 4 nitrogen and oxygen atoms in total. The minimum absolute atomic E-state index is 0.155. The van der Waals surface area contributed by atoms with E-state index in [1.165, 1.54) is 19.3 Å². The number of aromatic carboxylic acids is 1. The molecule has 0 unspecified atom stereocenters. The topological polar surface area (TPSA) is 54.6 Å². The highest BCUT2D eigenvalue weighted by atomic mass is 79.9. The highest BCUT2D eigenvalue weighted by Crippen LogP contribution is 2.34. The molecule has 0 amide bonds. The second-order valence-corrected chi connectivity index (χ2v) is 5.84. The molecule has 0 atom stereocenters. The zero-order valence-corrected chi connectivity index (χ0v) is 12.1. The molecular weight excluding hydrogens is 308 g/mol. The molecule has 0 aliphatic heterocycles. The minimum Gasteiger partial charge on any atom is -0.476 e. The van der Waals surface area contributed by atoms with Crippen LogP contribution in [-0.4, -0.2) is 20.5 Å². The van der Waals surface area contributed by atoms with Crippen LogP contribution in [0.1, 0.15) is 54.3 Å². The number of fused-ring (bicyclic) bond motifs is 1. The van der Waals surface area contributed by atoms with Gasteiger partial charge >= 0.3 is 5.97 Å². The Hall–Kier alpha value is -1.36. The summed E-state index contributed by atoms with van der Waals surface area (Å²) in [6.45, 7) is 0. The zero-order chi connectivity index (χ0) is 13.4. The summed E-state index contributed by atoms with van der Waals surface area (Å²) in [6, 6.07) is 5.58. The molecule has 0 bridgehead atoms. The number of nitrogens with zero attached hydrogens (tertiary/aromatic N) is 2. The second-order valence-electron chi connectivity index (χ2n) is 5.03. The molecule has 2 heterocycles. The molecule has 100 valence electrons. The number of carboxylic acids is 1. The molecule has 0 spiro atoms. The molecule has 3 rings (SSSR count). The third-order valence-electron chi connectivity index (χ3n) is 3.81. The van der Waals surface area contributed by atoms with E-state index in [9.17, 15) is 9.90 Å². The van der Waals surface area contributed by atoms with Crippen LogP contribution >= 0.6 is 15.9 Å². The van der Waals surface area contributed by atoms with Gasteiger partial charge in [-0.2, -0.15) is 0 Å². The van der Waals surface area contributed by atoms with Gasteiger partial charge in [0, 0.05) is 5.92 Å². The van der Waals surface area contributed by atoms with E-state index in [2.05, 4.69) is 20.9 Å². The Morgan fingerprint density at radius 1 is 1.32 bits per heavy atom. The number of carbonyl (C=O) groups is 1. The Morgan fingerprint density at radius 3 is 2.74 bits per heavy atom. The molecule has 0 radical (unpaired) electrons. The van der Waals surface area contributed by atoms with Crippen molar-refractivity contribution < 1.29 is 9.90 Å². The summed E-state index contributed by atoms with van der Waals surface area (Å²) in [5, 5.41) is 9.29. The predicted molar refractivity (Wildman–Crippen MR) is 75.7 cm³/mol. The molecule has 19 heavy (non-hydrogen) atoms. The monoisotopic (exact) mass is 322 g/mol. The number of imidazole rings is 1. The molecule has 2 aromatic rings. The molecule has 1 N–H and O–H groups in total. The van der Waals surface area contributed by atoms with E-state index in [1.54, 1.807) is 0 Å². The van der Waals surface area contributed by atoms with Crippen molar-refractivity contribution in [3.8, 4) is 0 Å². The summed E-state index contributed by atoms with van der Waals surface area (Å²) in [7, 11) is 0. The first-order valence-electron chi connectivity index (χ1n) is 6.58. The van der Waals surface area contributed by atoms with Gasteiger partial charge in [-0.3, -0.25) is 4.40 Å². The first-order valence-corrected chi connectivity index (χ1v) is 7.38. The summed E-state index contributed by atoms with van der Waals surface area (Å²) >= 11 is 3.51. The Morgan fingerprint density at radius 2 is 2.05 bits per heavy atom. The van der Waals surface area contributed by atoms with Crippen LogP contribution in [0.2, 0.25) is 0 Å². The van der Waals surface area contributed by atoms with Crippen LogP contribution in [0.15, 0.2) is 22.8 Å².